The second-order valence-electron chi connectivity index (χ2n) is 3.57. The normalized spacial score (nSPS) is 9.82. The number of benzene rings is 1. The second-order valence-corrected chi connectivity index (χ2v) is 3.98. The zero-order valence-corrected chi connectivity index (χ0v) is 10.4. The molecule has 0 heterocycles. The van der Waals surface area contributed by atoms with Crippen LogP contribution in [-0.4, -0.2) is 37.4 Å². The minimum absolute atomic E-state index is 0.0273. The van der Waals surface area contributed by atoms with E-state index in [4.69, 9.17) is 17.3 Å². The quantitative estimate of drug-likeness (QED) is 0.783. The smallest absolute Gasteiger partial charge is 0.255 e. The maximum atomic E-state index is 12.0. The third-order valence-corrected chi connectivity index (χ3v) is 2.56. The van der Waals surface area contributed by atoms with Crippen molar-refractivity contribution in [3.05, 3.63) is 28.8 Å². The molecule has 0 saturated carbocycles. The fraction of sp³-hybridized carbons (Fsp3) is 0.273. The molecule has 6 heteroatoms. The molecule has 0 aromatic heterocycles. The highest BCUT2D eigenvalue weighted by molar-refractivity contribution is 6.34. The minimum Gasteiger partial charge on any atom is -0.399 e. The lowest BCUT2D eigenvalue weighted by Gasteiger charge is -2.17. The van der Waals surface area contributed by atoms with Gasteiger partial charge < -0.3 is 16.0 Å². The van der Waals surface area contributed by atoms with Crippen molar-refractivity contribution in [1.29, 1.82) is 0 Å². The molecule has 1 aromatic carbocycles. The van der Waals surface area contributed by atoms with Crippen molar-refractivity contribution in [2.75, 3.05) is 26.4 Å². The van der Waals surface area contributed by atoms with E-state index in [-0.39, 0.29) is 23.9 Å². The van der Waals surface area contributed by atoms with Gasteiger partial charge in [0.1, 0.15) is 0 Å². The lowest BCUT2D eigenvalue weighted by Crippen LogP contribution is -2.37. The van der Waals surface area contributed by atoms with Crippen LogP contribution in [0.25, 0.3) is 0 Å². The topological polar surface area (TPSA) is 75.4 Å². The molecular formula is C11H14ClN3O2. The summed E-state index contributed by atoms with van der Waals surface area (Å²) in [6.45, 7) is -0.0273. The molecule has 3 N–H and O–H groups in total. The highest BCUT2D eigenvalue weighted by atomic mass is 35.5. The van der Waals surface area contributed by atoms with Crippen LogP contribution in [0.3, 0.4) is 0 Å². The summed E-state index contributed by atoms with van der Waals surface area (Å²) in [5.41, 5.74) is 6.32. The van der Waals surface area contributed by atoms with Crippen LogP contribution in [0.2, 0.25) is 5.02 Å². The first-order valence-corrected chi connectivity index (χ1v) is 5.34. The van der Waals surface area contributed by atoms with Crippen molar-refractivity contribution in [2.24, 2.45) is 0 Å². The fourth-order valence-corrected chi connectivity index (χ4v) is 1.48. The highest BCUT2D eigenvalue weighted by Gasteiger charge is 2.17. The van der Waals surface area contributed by atoms with Gasteiger partial charge in [0.2, 0.25) is 5.91 Å². The van der Waals surface area contributed by atoms with Gasteiger partial charge in [0, 0.05) is 19.8 Å². The van der Waals surface area contributed by atoms with Crippen molar-refractivity contribution in [3.63, 3.8) is 0 Å². The first-order valence-electron chi connectivity index (χ1n) is 4.96. The summed E-state index contributed by atoms with van der Waals surface area (Å²) < 4.78 is 0. The number of nitrogens with two attached hydrogens (primary N) is 1. The van der Waals surface area contributed by atoms with E-state index in [0.717, 1.165) is 0 Å². The van der Waals surface area contributed by atoms with Gasteiger partial charge in [-0.3, -0.25) is 9.59 Å². The summed E-state index contributed by atoms with van der Waals surface area (Å²) in [6, 6.07) is 4.65. The molecule has 0 bridgehead atoms. The molecule has 0 radical (unpaired) electrons. The lowest BCUT2D eigenvalue weighted by molar-refractivity contribution is -0.121. The number of nitrogens with one attached hydrogen (secondary N) is 1. The molecule has 5 nitrogen and oxygen atoms in total. The Labute approximate surface area is 105 Å². The van der Waals surface area contributed by atoms with Gasteiger partial charge in [-0.05, 0) is 18.2 Å². The standard InChI is InChI=1S/C11H14ClN3O2/c1-14-10(16)6-15(2)11(17)8-5-7(13)3-4-9(8)12/h3-5H,6,13H2,1-2H3,(H,14,16). The molecule has 1 aromatic rings. The number of carbonyl (C=O) groups excluding carboxylic acids is 2. The minimum atomic E-state index is -0.342. The number of hydrogen-bond donors (Lipinski definition) is 2. The largest absolute Gasteiger partial charge is 0.399 e. The van der Waals surface area contributed by atoms with E-state index < -0.39 is 0 Å². The number of carbonyl (C=O) groups is 2. The van der Waals surface area contributed by atoms with Gasteiger partial charge in [-0.25, -0.2) is 0 Å². The number of halogens is 1. The first-order chi connectivity index (χ1) is 7.95. The Morgan fingerprint density at radius 3 is 2.71 bits per heavy atom. The maximum Gasteiger partial charge on any atom is 0.255 e. The average molecular weight is 256 g/mol. The van der Waals surface area contributed by atoms with E-state index in [1.54, 1.807) is 12.1 Å². The lowest BCUT2D eigenvalue weighted by atomic mass is 10.2. The van der Waals surface area contributed by atoms with Crippen LogP contribution in [0, 0.1) is 0 Å². The van der Waals surface area contributed by atoms with Crippen molar-refractivity contribution < 1.29 is 9.59 Å². The Kier molecular flexibility index (Phi) is 4.34. The number of anilines is 1. The average Bonchev–Trinajstić information content (AvgIpc) is 2.31. The Bertz CT molecular complexity index is 448. The van der Waals surface area contributed by atoms with Crippen LogP contribution in [0.1, 0.15) is 10.4 Å². The Hall–Kier alpha value is -1.75. The van der Waals surface area contributed by atoms with E-state index in [0.29, 0.717) is 10.7 Å². The van der Waals surface area contributed by atoms with Crippen LogP contribution in [-0.2, 0) is 4.79 Å². The number of nitrogen functional groups attached to an aromatic ring is 1. The number of nitrogens with zero attached hydrogens (tertiary/aromatic N) is 1. The van der Waals surface area contributed by atoms with Gasteiger partial charge >= 0.3 is 0 Å². The third kappa shape index (κ3) is 3.35. The SMILES string of the molecule is CNC(=O)CN(C)C(=O)c1cc(N)ccc1Cl. The Morgan fingerprint density at radius 2 is 2.12 bits per heavy atom. The van der Waals surface area contributed by atoms with Crippen molar-refractivity contribution in [3.8, 4) is 0 Å². The maximum absolute atomic E-state index is 12.0. The molecule has 1 rings (SSSR count). The van der Waals surface area contributed by atoms with E-state index in [1.165, 1.54) is 25.1 Å². The van der Waals surface area contributed by atoms with Crippen LogP contribution >= 0.6 is 11.6 Å². The van der Waals surface area contributed by atoms with E-state index in [1.807, 2.05) is 0 Å². The molecule has 0 aliphatic carbocycles. The molecule has 0 aliphatic heterocycles. The summed E-state index contributed by atoms with van der Waals surface area (Å²) >= 11 is 5.90. The summed E-state index contributed by atoms with van der Waals surface area (Å²) in [6.07, 6.45) is 0. The molecule has 0 aliphatic rings. The zero-order chi connectivity index (χ0) is 13.0. The predicted octanol–water partition coefficient (Wildman–Crippen LogP) is 0.740. The highest BCUT2D eigenvalue weighted by Crippen LogP contribution is 2.20. The van der Waals surface area contributed by atoms with Gasteiger partial charge in [0.15, 0.2) is 0 Å². The van der Waals surface area contributed by atoms with Crippen LogP contribution < -0.4 is 11.1 Å². The van der Waals surface area contributed by atoms with Crippen LogP contribution in [0.15, 0.2) is 18.2 Å². The molecule has 0 unspecified atom stereocenters. The number of likely N-dealkylation sites (N-methyl/N-ethyl adjacent to an activating group) is 2. The summed E-state index contributed by atoms with van der Waals surface area (Å²) in [4.78, 5) is 24.4. The molecule has 0 spiro atoms. The summed E-state index contributed by atoms with van der Waals surface area (Å²) in [7, 11) is 3.03. The molecule has 0 atom stereocenters. The van der Waals surface area contributed by atoms with Gasteiger partial charge in [-0.15, -0.1) is 0 Å². The first kappa shape index (κ1) is 13.3. The monoisotopic (exact) mass is 255 g/mol. The van der Waals surface area contributed by atoms with E-state index in [9.17, 15) is 9.59 Å². The van der Waals surface area contributed by atoms with Crippen molar-refractivity contribution in [2.45, 2.75) is 0 Å². The van der Waals surface area contributed by atoms with Gasteiger partial charge in [-0.1, -0.05) is 11.6 Å². The van der Waals surface area contributed by atoms with E-state index >= 15 is 0 Å². The molecule has 0 saturated heterocycles. The molecule has 0 fully saturated rings. The fourth-order valence-electron chi connectivity index (χ4n) is 1.28. The number of hydrogen-bond acceptors (Lipinski definition) is 3. The Morgan fingerprint density at radius 1 is 1.47 bits per heavy atom. The number of amides is 2. The Balaban J connectivity index is 2.88. The number of rotatable bonds is 3. The third-order valence-electron chi connectivity index (χ3n) is 2.23. The summed E-state index contributed by atoms with van der Waals surface area (Å²) in [5.74, 6) is -0.591. The molecule has 17 heavy (non-hydrogen) atoms. The van der Waals surface area contributed by atoms with Crippen LogP contribution in [0.4, 0.5) is 5.69 Å². The zero-order valence-electron chi connectivity index (χ0n) is 9.66. The van der Waals surface area contributed by atoms with Gasteiger partial charge in [0.25, 0.3) is 5.91 Å². The molecular weight excluding hydrogens is 242 g/mol. The molecule has 92 valence electrons. The van der Waals surface area contributed by atoms with Gasteiger partial charge in [-0.2, -0.15) is 0 Å². The summed E-state index contributed by atoms with van der Waals surface area (Å²) in [5, 5.41) is 2.75. The molecule has 2 amide bonds. The van der Waals surface area contributed by atoms with Crippen LogP contribution in [0.5, 0.6) is 0 Å². The van der Waals surface area contributed by atoms with E-state index in [2.05, 4.69) is 5.32 Å². The van der Waals surface area contributed by atoms with Gasteiger partial charge in [0.05, 0.1) is 17.1 Å². The predicted molar refractivity (Wildman–Crippen MR) is 66.9 cm³/mol. The second kappa shape index (κ2) is 5.54. The van der Waals surface area contributed by atoms with Crippen molar-refractivity contribution in [1.82, 2.24) is 10.2 Å². The van der Waals surface area contributed by atoms with Crippen molar-refractivity contribution >= 4 is 29.1 Å².